The molecule has 3 aromatic rings. The Morgan fingerprint density at radius 2 is 1.83 bits per heavy atom. The van der Waals surface area contributed by atoms with Gasteiger partial charge in [0.1, 0.15) is 18.0 Å². The summed E-state index contributed by atoms with van der Waals surface area (Å²) in [6, 6.07) is 14.5. The van der Waals surface area contributed by atoms with Crippen LogP contribution in [0.3, 0.4) is 0 Å². The lowest BCUT2D eigenvalue weighted by Gasteiger charge is -2.08. The van der Waals surface area contributed by atoms with Gasteiger partial charge in [-0.3, -0.25) is 4.79 Å². The summed E-state index contributed by atoms with van der Waals surface area (Å²) < 4.78 is 0. The van der Waals surface area contributed by atoms with Crippen molar-refractivity contribution in [2.45, 2.75) is 13.3 Å². The highest BCUT2D eigenvalue weighted by atomic mass is 16.1. The molecule has 24 heavy (non-hydrogen) atoms. The van der Waals surface area contributed by atoms with Crippen LogP contribution in [0.4, 0.5) is 11.4 Å². The van der Waals surface area contributed by atoms with Crippen LogP contribution in [0.5, 0.6) is 0 Å². The fourth-order valence-corrected chi connectivity index (χ4v) is 2.27. The molecule has 0 bridgehead atoms. The minimum absolute atomic E-state index is 0.199. The van der Waals surface area contributed by atoms with Gasteiger partial charge in [0.15, 0.2) is 0 Å². The number of carbonyl (C=O) groups is 1. The predicted octanol–water partition coefficient (Wildman–Crippen LogP) is 2.61. The van der Waals surface area contributed by atoms with Crippen LogP contribution in [-0.2, 0) is 6.42 Å². The number of nitrogens with one attached hydrogen (secondary N) is 1. The first kappa shape index (κ1) is 15.6. The summed E-state index contributed by atoms with van der Waals surface area (Å²) in [5.74, 6) is 1.20. The Bertz CT molecular complexity index is 861. The molecule has 1 amide bonds. The van der Waals surface area contributed by atoms with Crippen LogP contribution in [0.15, 0.2) is 54.9 Å². The Morgan fingerprint density at radius 3 is 2.54 bits per heavy atom. The normalized spacial score (nSPS) is 10.4. The summed E-state index contributed by atoms with van der Waals surface area (Å²) in [5.41, 5.74) is 8.56. The van der Waals surface area contributed by atoms with E-state index in [1.165, 1.54) is 6.33 Å². The highest BCUT2D eigenvalue weighted by Gasteiger charge is 2.08. The molecule has 120 valence electrons. The molecule has 6 nitrogen and oxygen atoms in total. The molecule has 0 aliphatic heterocycles. The molecule has 6 heteroatoms. The van der Waals surface area contributed by atoms with Crippen molar-refractivity contribution in [1.82, 2.24) is 15.0 Å². The summed E-state index contributed by atoms with van der Waals surface area (Å²) >= 11 is 0. The van der Waals surface area contributed by atoms with Gasteiger partial charge in [0, 0.05) is 12.0 Å². The maximum Gasteiger partial charge on any atom is 0.255 e. The van der Waals surface area contributed by atoms with Crippen molar-refractivity contribution in [3.63, 3.8) is 0 Å². The predicted molar refractivity (Wildman–Crippen MR) is 92.6 cm³/mol. The standard InChI is InChI=1S/C18H17N5O/c1-12-20-11-21-17(22-12)10-13-6-8-14(9-7-13)18(24)23-16-5-3-2-4-15(16)19/h2-9,11H,10,19H2,1H3,(H,23,24). The molecule has 3 N–H and O–H groups in total. The number of benzene rings is 2. The third kappa shape index (κ3) is 3.73. The van der Waals surface area contributed by atoms with Crippen LogP contribution in [0, 0.1) is 6.92 Å². The van der Waals surface area contributed by atoms with E-state index in [0.29, 0.717) is 35.0 Å². The van der Waals surface area contributed by atoms with E-state index in [1.807, 2.05) is 31.2 Å². The minimum Gasteiger partial charge on any atom is -0.397 e. The number of rotatable bonds is 4. The van der Waals surface area contributed by atoms with Gasteiger partial charge in [-0.1, -0.05) is 24.3 Å². The fourth-order valence-electron chi connectivity index (χ4n) is 2.27. The molecule has 0 spiro atoms. The first-order valence-electron chi connectivity index (χ1n) is 7.51. The largest absolute Gasteiger partial charge is 0.397 e. The van der Waals surface area contributed by atoms with E-state index >= 15 is 0 Å². The maximum absolute atomic E-state index is 12.3. The number of hydrogen-bond donors (Lipinski definition) is 2. The third-order valence-corrected chi connectivity index (χ3v) is 3.53. The van der Waals surface area contributed by atoms with Crippen molar-refractivity contribution in [2.75, 3.05) is 11.1 Å². The number of carbonyl (C=O) groups excluding carboxylic acids is 1. The van der Waals surface area contributed by atoms with Gasteiger partial charge in [-0.2, -0.15) is 0 Å². The van der Waals surface area contributed by atoms with Crippen LogP contribution >= 0.6 is 0 Å². The first-order valence-corrected chi connectivity index (χ1v) is 7.51. The molecular weight excluding hydrogens is 302 g/mol. The number of nitrogens with zero attached hydrogens (tertiary/aromatic N) is 3. The number of nitrogens with two attached hydrogens (primary N) is 1. The molecule has 1 heterocycles. The van der Waals surface area contributed by atoms with E-state index in [-0.39, 0.29) is 5.91 Å². The summed E-state index contributed by atoms with van der Waals surface area (Å²) in [7, 11) is 0. The van der Waals surface area contributed by atoms with Gasteiger partial charge in [0.25, 0.3) is 5.91 Å². The highest BCUT2D eigenvalue weighted by Crippen LogP contribution is 2.18. The molecule has 0 saturated heterocycles. The van der Waals surface area contributed by atoms with Gasteiger partial charge in [-0.15, -0.1) is 0 Å². The average Bonchev–Trinajstić information content (AvgIpc) is 2.57. The number of amides is 1. The number of nitrogen functional groups attached to an aromatic ring is 1. The third-order valence-electron chi connectivity index (χ3n) is 3.53. The van der Waals surface area contributed by atoms with Crippen LogP contribution in [0.1, 0.15) is 27.6 Å². The lowest BCUT2D eigenvalue weighted by molar-refractivity contribution is 0.102. The van der Waals surface area contributed by atoms with Gasteiger partial charge in [0.2, 0.25) is 0 Å². The van der Waals surface area contributed by atoms with Crippen LogP contribution in [0.2, 0.25) is 0 Å². The van der Waals surface area contributed by atoms with Crippen molar-refractivity contribution in [2.24, 2.45) is 0 Å². The van der Waals surface area contributed by atoms with E-state index in [1.54, 1.807) is 24.3 Å². The quantitative estimate of drug-likeness (QED) is 0.721. The molecule has 1 aromatic heterocycles. The average molecular weight is 319 g/mol. The Hall–Kier alpha value is -3.28. The van der Waals surface area contributed by atoms with Crippen molar-refractivity contribution >= 4 is 17.3 Å². The van der Waals surface area contributed by atoms with E-state index in [9.17, 15) is 4.79 Å². The number of anilines is 2. The van der Waals surface area contributed by atoms with Crippen molar-refractivity contribution in [3.8, 4) is 0 Å². The maximum atomic E-state index is 12.3. The highest BCUT2D eigenvalue weighted by molar-refractivity contribution is 6.05. The van der Waals surface area contributed by atoms with Crippen molar-refractivity contribution < 1.29 is 4.79 Å². The smallest absolute Gasteiger partial charge is 0.255 e. The zero-order chi connectivity index (χ0) is 16.9. The molecule has 0 aliphatic rings. The second-order valence-corrected chi connectivity index (χ2v) is 5.36. The SMILES string of the molecule is Cc1ncnc(Cc2ccc(C(=O)Nc3ccccc3N)cc2)n1. The number of para-hydroxylation sites is 2. The van der Waals surface area contributed by atoms with Crippen LogP contribution in [0.25, 0.3) is 0 Å². The molecule has 0 fully saturated rings. The van der Waals surface area contributed by atoms with Gasteiger partial charge in [0.05, 0.1) is 11.4 Å². The van der Waals surface area contributed by atoms with E-state index < -0.39 is 0 Å². The van der Waals surface area contributed by atoms with E-state index in [4.69, 9.17) is 5.73 Å². The molecule has 0 radical (unpaired) electrons. The second kappa shape index (κ2) is 6.87. The zero-order valence-corrected chi connectivity index (χ0v) is 13.2. The molecule has 3 rings (SSSR count). The van der Waals surface area contributed by atoms with E-state index in [2.05, 4.69) is 20.3 Å². The summed E-state index contributed by atoms with van der Waals surface area (Å²) in [6.45, 7) is 1.83. The molecule has 2 aromatic carbocycles. The van der Waals surface area contributed by atoms with Crippen molar-refractivity contribution in [1.29, 1.82) is 0 Å². The lowest BCUT2D eigenvalue weighted by atomic mass is 10.1. The first-order chi connectivity index (χ1) is 11.6. The minimum atomic E-state index is -0.199. The summed E-state index contributed by atoms with van der Waals surface area (Å²) in [5, 5.41) is 2.81. The Labute approximate surface area is 139 Å². The van der Waals surface area contributed by atoms with Gasteiger partial charge in [-0.05, 0) is 36.8 Å². The van der Waals surface area contributed by atoms with Crippen molar-refractivity contribution in [3.05, 3.63) is 77.6 Å². The molecule has 0 saturated carbocycles. The Balaban J connectivity index is 1.70. The number of hydrogen-bond acceptors (Lipinski definition) is 5. The molecule has 0 unspecified atom stereocenters. The fraction of sp³-hybridized carbons (Fsp3) is 0.111. The second-order valence-electron chi connectivity index (χ2n) is 5.36. The monoisotopic (exact) mass is 319 g/mol. The topological polar surface area (TPSA) is 93.8 Å². The number of aryl methyl sites for hydroxylation is 1. The molecule has 0 atom stereocenters. The Kier molecular flexibility index (Phi) is 4.47. The number of aromatic nitrogens is 3. The van der Waals surface area contributed by atoms with Crippen LogP contribution in [-0.4, -0.2) is 20.9 Å². The van der Waals surface area contributed by atoms with Crippen LogP contribution < -0.4 is 11.1 Å². The summed E-state index contributed by atoms with van der Waals surface area (Å²) in [6.07, 6.45) is 2.10. The van der Waals surface area contributed by atoms with E-state index in [0.717, 1.165) is 5.56 Å². The lowest BCUT2D eigenvalue weighted by Crippen LogP contribution is -2.13. The zero-order valence-electron chi connectivity index (χ0n) is 13.2. The van der Waals surface area contributed by atoms with Gasteiger partial charge >= 0.3 is 0 Å². The van der Waals surface area contributed by atoms with Gasteiger partial charge < -0.3 is 11.1 Å². The van der Waals surface area contributed by atoms with Gasteiger partial charge in [-0.25, -0.2) is 15.0 Å². The molecular formula is C18H17N5O. The molecule has 0 aliphatic carbocycles. The Morgan fingerprint density at radius 1 is 1.08 bits per heavy atom. The summed E-state index contributed by atoms with van der Waals surface area (Å²) in [4.78, 5) is 24.7.